The Balaban J connectivity index is 2.83. The van der Waals surface area contributed by atoms with Gasteiger partial charge < -0.3 is 10.4 Å². The standard InChI is InChI=1S/C17H23NO3/c1-11(2)17(14-7-5-12(3)6-8-14)13(4)18-15(19)9-10-16(20)21/h5-11,13,17H,1-4H3,(H,18,19)(H,20,21)/b10-9-. The smallest absolute Gasteiger partial charge is 0.328 e. The third-order valence-corrected chi connectivity index (χ3v) is 3.47. The number of hydrogen-bond donors (Lipinski definition) is 2. The number of aryl methyl sites for hydroxylation is 1. The predicted octanol–water partition coefficient (Wildman–Crippen LogP) is 2.88. The van der Waals surface area contributed by atoms with E-state index >= 15 is 0 Å². The molecule has 1 aromatic rings. The normalized spacial score (nSPS) is 14.1. The van der Waals surface area contributed by atoms with Gasteiger partial charge in [0.2, 0.25) is 5.91 Å². The summed E-state index contributed by atoms with van der Waals surface area (Å²) in [6.07, 6.45) is 1.89. The molecule has 4 heteroatoms. The summed E-state index contributed by atoms with van der Waals surface area (Å²) in [4.78, 5) is 22.1. The first-order valence-corrected chi connectivity index (χ1v) is 7.09. The second kappa shape index (κ2) is 7.62. The number of carboxylic acid groups (broad SMARTS) is 1. The molecule has 21 heavy (non-hydrogen) atoms. The van der Waals surface area contributed by atoms with Gasteiger partial charge in [-0.25, -0.2) is 4.79 Å². The van der Waals surface area contributed by atoms with Gasteiger partial charge in [0, 0.05) is 24.1 Å². The predicted molar refractivity (Wildman–Crippen MR) is 83.1 cm³/mol. The summed E-state index contributed by atoms with van der Waals surface area (Å²) in [7, 11) is 0. The minimum atomic E-state index is -1.13. The molecule has 0 fully saturated rings. The van der Waals surface area contributed by atoms with Gasteiger partial charge in [-0.2, -0.15) is 0 Å². The maximum absolute atomic E-state index is 11.7. The number of aliphatic carboxylic acids is 1. The zero-order chi connectivity index (χ0) is 16.0. The number of nitrogens with one attached hydrogen (secondary N) is 1. The van der Waals surface area contributed by atoms with E-state index in [1.165, 1.54) is 11.1 Å². The van der Waals surface area contributed by atoms with E-state index in [2.05, 4.69) is 43.4 Å². The van der Waals surface area contributed by atoms with Crippen molar-refractivity contribution < 1.29 is 14.7 Å². The lowest BCUT2D eigenvalue weighted by molar-refractivity contribution is -0.131. The molecule has 2 atom stereocenters. The van der Waals surface area contributed by atoms with Crippen LogP contribution in [0, 0.1) is 12.8 Å². The Labute approximate surface area is 125 Å². The van der Waals surface area contributed by atoms with Crippen LogP contribution in [0.5, 0.6) is 0 Å². The van der Waals surface area contributed by atoms with Gasteiger partial charge in [-0.15, -0.1) is 0 Å². The van der Waals surface area contributed by atoms with Crippen LogP contribution in [0.4, 0.5) is 0 Å². The first kappa shape index (κ1) is 17.0. The van der Waals surface area contributed by atoms with Crippen molar-refractivity contribution in [3.8, 4) is 0 Å². The van der Waals surface area contributed by atoms with Crippen molar-refractivity contribution in [1.29, 1.82) is 0 Å². The maximum atomic E-state index is 11.7. The molecule has 0 aliphatic rings. The SMILES string of the molecule is Cc1ccc(C(C(C)C)C(C)NC(=O)/C=C\C(=O)O)cc1. The summed E-state index contributed by atoms with van der Waals surface area (Å²) in [6.45, 7) is 8.20. The lowest BCUT2D eigenvalue weighted by atomic mass is 9.83. The van der Waals surface area contributed by atoms with E-state index in [0.717, 1.165) is 12.2 Å². The van der Waals surface area contributed by atoms with Crippen LogP contribution in [-0.2, 0) is 9.59 Å². The molecule has 0 aliphatic heterocycles. The van der Waals surface area contributed by atoms with Crippen LogP contribution in [-0.4, -0.2) is 23.0 Å². The summed E-state index contributed by atoms with van der Waals surface area (Å²) in [5, 5.41) is 11.4. The number of hydrogen-bond acceptors (Lipinski definition) is 2. The molecule has 2 unspecified atom stereocenters. The van der Waals surface area contributed by atoms with Crippen LogP contribution in [0.1, 0.15) is 37.8 Å². The van der Waals surface area contributed by atoms with Gasteiger partial charge in [-0.3, -0.25) is 4.79 Å². The Morgan fingerprint density at radius 2 is 1.67 bits per heavy atom. The quantitative estimate of drug-likeness (QED) is 0.791. The summed E-state index contributed by atoms with van der Waals surface area (Å²) in [6, 6.07) is 8.19. The third-order valence-electron chi connectivity index (χ3n) is 3.47. The van der Waals surface area contributed by atoms with Gasteiger partial charge in [-0.05, 0) is 25.3 Å². The lowest BCUT2D eigenvalue weighted by Crippen LogP contribution is -2.38. The highest BCUT2D eigenvalue weighted by Crippen LogP contribution is 2.28. The van der Waals surface area contributed by atoms with Gasteiger partial charge in [0.05, 0.1) is 0 Å². The van der Waals surface area contributed by atoms with Crippen LogP contribution in [0.3, 0.4) is 0 Å². The molecule has 0 aromatic heterocycles. The topological polar surface area (TPSA) is 66.4 Å². The Kier molecular flexibility index (Phi) is 6.15. The fourth-order valence-corrected chi connectivity index (χ4v) is 2.55. The highest BCUT2D eigenvalue weighted by Gasteiger charge is 2.23. The Bertz CT molecular complexity index is 517. The Hall–Kier alpha value is -2.10. The van der Waals surface area contributed by atoms with E-state index in [9.17, 15) is 9.59 Å². The van der Waals surface area contributed by atoms with Crippen LogP contribution < -0.4 is 5.32 Å². The molecule has 0 aliphatic carbocycles. The minimum Gasteiger partial charge on any atom is -0.478 e. The van der Waals surface area contributed by atoms with Crippen LogP contribution in [0.25, 0.3) is 0 Å². The first-order valence-electron chi connectivity index (χ1n) is 7.09. The Morgan fingerprint density at radius 1 is 1.10 bits per heavy atom. The number of carbonyl (C=O) groups is 2. The van der Waals surface area contributed by atoms with Gasteiger partial charge in [0.25, 0.3) is 0 Å². The maximum Gasteiger partial charge on any atom is 0.328 e. The van der Waals surface area contributed by atoms with Gasteiger partial charge in [0.1, 0.15) is 0 Å². The fourth-order valence-electron chi connectivity index (χ4n) is 2.55. The second-order valence-electron chi connectivity index (χ2n) is 5.65. The average Bonchev–Trinajstić information content (AvgIpc) is 2.38. The molecule has 1 amide bonds. The van der Waals surface area contributed by atoms with Crippen molar-refractivity contribution in [3.05, 3.63) is 47.5 Å². The van der Waals surface area contributed by atoms with E-state index in [0.29, 0.717) is 5.92 Å². The zero-order valence-corrected chi connectivity index (χ0v) is 13.0. The molecule has 0 saturated carbocycles. The van der Waals surface area contributed by atoms with Gasteiger partial charge in [0.15, 0.2) is 0 Å². The van der Waals surface area contributed by atoms with E-state index in [1.807, 2.05) is 13.8 Å². The summed E-state index contributed by atoms with van der Waals surface area (Å²) >= 11 is 0. The minimum absolute atomic E-state index is 0.0846. The summed E-state index contributed by atoms with van der Waals surface area (Å²) < 4.78 is 0. The van der Waals surface area contributed by atoms with Crippen molar-refractivity contribution in [2.75, 3.05) is 0 Å². The van der Waals surface area contributed by atoms with E-state index in [-0.39, 0.29) is 17.9 Å². The molecule has 0 bridgehead atoms. The van der Waals surface area contributed by atoms with Crippen molar-refractivity contribution in [1.82, 2.24) is 5.32 Å². The molecular weight excluding hydrogens is 266 g/mol. The number of benzene rings is 1. The van der Waals surface area contributed by atoms with Crippen molar-refractivity contribution in [2.45, 2.75) is 39.7 Å². The van der Waals surface area contributed by atoms with Gasteiger partial charge in [-0.1, -0.05) is 43.7 Å². The molecule has 2 N–H and O–H groups in total. The summed E-state index contributed by atoms with van der Waals surface area (Å²) in [5.74, 6) is -0.987. The van der Waals surface area contributed by atoms with Gasteiger partial charge >= 0.3 is 5.97 Å². The molecule has 0 spiro atoms. The summed E-state index contributed by atoms with van der Waals surface area (Å²) in [5.41, 5.74) is 2.37. The number of amides is 1. The highest BCUT2D eigenvalue weighted by atomic mass is 16.4. The molecular formula is C17H23NO3. The van der Waals surface area contributed by atoms with E-state index < -0.39 is 5.97 Å². The van der Waals surface area contributed by atoms with Crippen LogP contribution in [0.2, 0.25) is 0 Å². The average molecular weight is 289 g/mol. The number of carboxylic acids is 1. The zero-order valence-electron chi connectivity index (χ0n) is 13.0. The largest absolute Gasteiger partial charge is 0.478 e. The number of rotatable bonds is 6. The molecule has 1 rings (SSSR count). The fraction of sp³-hybridized carbons (Fsp3) is 0.412. The highest BCUT2D eigenvalue weighted by molar-refractivity contribution is 5.94. The molecule has 0 radical (unpaired) electrons. The molecule has 114 valence electrons. The molecule has 1 aromatic carbocycles. The Morgan fingerprint density at radius 3 is 2.14 bits per heavy atom. The first-order chi connectivity index (χ1) is 9.81. The lowest BCUT2D eigenvalue weighted by Gasteiger charge is -2.28. The molecule has 4 nitrogen and oxygen atoms in total. The molecule has 0 saturated heterocycles. The second-order valence-corrected chi connectivity index (χ2v) is 5.65. The molecule has 0 heterocycles. The van der Waals surface area contributed by atoms with Crippen LogP contribution in [0.15, 0.2) is 36.4 Å². The van der Waals surface area contributed by atoms with E-state index in [1.54, 1.807) is 0 Å². The monoisotopic (exact) mass is 289 g/mol. The third kappa shape index (κ3) is 5.42. The van der Waals surface area contributed by atoms with Crippen molar-refractivity contribution in [3.63, 3.8) is 0 Å². The van der Waals surface area contributed by atoms with Crippen LogP contribution >= 0.6 is 0 Å². The van der Waals surface area contributed by atoms with Crippen molar-refractivity contribution >= 4 is 11.9 Å². The van der Waals surface area contributed by atoms with Crippen molar-refractivity contribution in [2.24, 2.45) is 5.92 Å². The van der Waals surface area contributed by atoms with E-state index in [4.69, 9.17) is 5.11 Å². The number of carbonyl (C=O) groups excluding carboxylic acids is 1.